The molecule has 1 fully saturated rings. The molecule has 5 nitrogen and oxygen atoms in total. The highest BCUT2D eigenvalue weighted by Gasteiger charge is 2.32. The molecule has 3 rings (SSSR count). The predicted molar refractivity (Wildman–Crippen MR) is 89.2 cm³/mol. The molecule has 25 heavy (non-hydrogen) atoms. The molecular formula is C19H18FNO4. The van der Waals surface area contributed by atoms with E-state index in [9.17, 15) is 14.0 Å². The van der Waals surface area contributed by atoms with Gasteiger partial charge in [-0.15, -0.1) is 0 Å². The largest absolute Gasteiger partial charge is 0.482 e. The number of carboxylic acids is 1. The van der Waals surface area contributed by atoms with Crippen LogP contribution in [0.25, 0.3) is 0 Å². The maximum Gasteiger partial charge on any atom is 0.341 e. The fourth-order valence-electron chi connectivity index (χ4n) is 2.91. The summed E-state index contributed by atoms with van der Waals surface area (Å²) in [4.78, 5) is 22.7. The number of rotatable bonds is 6. The van der Waals surface area contributed by atoms with E-state index in [-0.39, 0.29) is 23.7 Å². The van der Waals surface area contributed by atoms with Crippen molar-refractivity contribution in [1.29, 1.82) is 0 Å². The molecule has 0 bridgehead atoms. The molecular weight excluding hydrogens is 325 g/mol. The van der Waals surface area contributed by atoms with Crippen molar-refractivity contribution >= 4 is 11.9 Å². The van der Waals surface area contributed by atoms with Gasteiger partial charge in [-0.3, -0.25) is 4.79 Å². The van der Waals surface area contributed by atoms with E-state index in [1.165, 1.54) is 6.07 Å². The molecule has 0 radical (unpaired) electrons. The normalized spacial score (nSPS) is 18.9. The van der Waals surface area contributed by atoms with Gasteiger partial charge in [0.25, 0.3) is 5.91 Å². The van der Waals surface area contributed by atoms with Crippen molar-refractivity contribution < 1.29 is 23.8 Å². The average molecular weight is 343 g/mol. The number of aliphatic carboxylic acids is 1. The molecule has 2 N–H and O–H groups in total. The highest BCUT2D eigenvalue weighted by Crippen LogP contribution is 2.38. The number of benzene rings is 2. The summed E-state index contributed by atoms with van der Waals surface area (Å²) in [6, 6.07) is 13.0. The van der Waals surface area contributed by atoms with Gasteiger partial charge in [0.05, 0.1) is 0 Å². The summed E-state index contributed by atoms with van der Waals surface area (Å²) in [5, 5.41) is 11.5. The minimum absolute atomic E-state index is 0.0278. The van der Waals surface area contributed by atoms with Gasteiger partial charge in [0, 0.05) is 11.6 Å². The zero-order chi connectivity index (χ0) is 17.8. The second-order valence-electron chi connectivity index (χ2n) is 6.07. The number of carbonyl (C=O) groups is 2. The lowest BCUT2D eigenvalue weighted by atomic mass is 9.75. The van der Waals surface area contributed by atoms with Crippen LogP contribution in [0.2, 0.25) is 0 Å². The topological polar surface area (TPSA) is 75.6 Å². The van der Waals surface area contributed by atoms with Crippen molar-refractivity contribution in [2.45, 2.75) is 24.8 Å². The molecule has 0 heterocycles. The Morgan fingerprint density at radius 1 is 1.12 bits per heavy atom. The standard InChI is InChI=1S/C19H18FNO4/c20-17-4-2-1-3-16(17)13-9-14(10-13)21-19(24)12-5-7-15(8-6-12)25-11-18(22)23/h1-8,13-14H,9-11H2,(H,21,24)(H,22,23). The Morgan fingerprint density at radius 3 is 2.44 bits per heavy atom. The van der Waals surface area contributed by atoms with Crippen molar-refractivity contribution in [1.82, 2.24) is 5.32 Å². The van der Waals surface area contributed by atoms with E-state index in [2.05, 4.69) is 5.32 Å². The maximum atomic E-state index is 13.7. The first-order valence-electron chi connectivity index (χ1n) is 8.03. The number of carboxylic acid groups (broad SMARTS) is 1. The number of hydrogen-bond donors (Lipinski definition) is 2. The number of carbonyl (C=O) groups excluding carboxylic acids is 1. The molecule has 0 unspecified atom stereocenters. The molecule has 0 saturated heterocycles. The van der Waals surface area contributed by atoms with Gasteiger partial charge in [0.1, 0.15) is 11.6 Å². The second kappa shape index (κ2) is 7.34. The molecule has 6 heteroatoms. The number of ether oxygens (including phenoxy) is 1. The van der Waals surface area contributed by atoms with Gasteiger partial charge >= 0.3 is 5.97 Å². The molecule has 1 aliphatic carbocycles. The van der Waals surface area contributed by atoms with Crippen LogP contribution >= 0.6 is 0 Å². The number of nitrogens with one attached hydrogen (secondary N) is 1. The van der Waals surface area contributed by atoms with Gasteiger partial charge in [0.2, 0.25) is 0 Å². The van der Waals surface area contributed by atoms with Crippen LogP contribution in [-0.4, -0.2) is 29.6 Å². The Morgan fingerprint density at radius 2 is 1.80 bits per heavy atom. The summed E-state index contributed by atoms with van der Waals surface area (Å²) < 4.78 is 18.8. The Hall–Kier alpha value is -2.89. The average Bonchev–Trinajstić information content (AvgIpc) is 2.57. The smallest absolute Gasteiger partial charge is 0.341 e. The van der Waals surface area contributed by atoms with Crippen molar-refractivity contribution in [3.8, 4) is 5.75 Å². The molecule has 0 atom stereocenters. The fraction of sp³-hybridized carbons (Fsp3) is 0.263. The zero-order valence-electron chi connectivity index (χ0n) is 13.4. The van der Waals surface area contributed by atoms with Crippen molar-refractivity contribution in [3.05, 3.63) is 65.5 Å². The van der Waals surface area contributed by atoms with E-state index in [4.69, 9.17) is 9.84 Å². The van der Waals surface area contributed by atoms with Crippen molar-refractivity contribution in [2.75, 3.05) is 6.61 Å². The van der Waals surface area contributed by atoms with Crippen molar-refractivity contribution in [2.24, 2.45) is 0 Å². The SMILES string of the molecule is O=C(O)COc1ccc(C(=O)NC2CC(c3ccccc3F)C2)cc1. The quantitative estimate of drug-likeness (QED) is 0.845. The zero-order valence-corrected chi connectivity index (χ0v) is 13.4. The van der Waals surface area contributed by atoms with Crippen LogP contribution in [-0.2, 0) is 4.79 Å². The highest BCUT2D eigenvalue weighted by molar-refractivity contribution is 5.94. The van der Waals surface area contributed by atoms with E-state index < -0.39 is 12.6 Å². The molecule has 1 amide bonds. The van der Waals surface area contributed by atoms with E-state index in [1.54, 1.807) is 36.4 Å². The number of amides is 1. The molecule has 1 saturated carbocycles. The van der Waals surface area contributed by atoms with Gasteiger partial charge in [0.15, 0.2) is 6.61 Å². The maximum absolute atomic E-state index is 13.7. The lowest BCUT2D eigenvalue weighted by Crippen LogP contribution is -2.43. The Labute approximate surface area is 144 Å². The van der Waals surface area contributed by atoms with Crippen molar-refractivity contribution in [3.63, 3.8) is 0 Å². The van der Waals surface area contributed by atoms with Crippen LogP contribution in [0.3, 0.4) is 0 Å². The summed E-state index contributed by atoms with van der Waals surface area (Å²) in [6.07, 6.45) is 1.43. The van der Waals surface area contributed by atoms with Gasteiger partial charge in [-0.25, -0.2) is 9.18 Å². The molecule has 0 aliphatic heterocycles. The third-order valence-corrected chi connectivity index (χ3v) is 4.30. The number of halogens is 1. The van der Waals surface area contributed by atoms with Crippen LogP contribution in [0.4, 0.5) is 4.39 Å². The molecule has 1 aliphatic rings. The first-order chi connectivity index (χ1) is 12.0. The number of hydrogen-bond acceptors (Lipinski definition) is 3. The second-order valence-corrected chi connectivity index (χ2v) is 6.07. The van der Waals surface area contributed by atoms with Crippen LogP contribution < -0.4 is 10.1 Å². The van der Waals surface area contributed by atoms with Crippen LogP contribution in [0.5, 0.6) is 5.75 Å². The van der Waals surface area contributed by atoms with Crippen LogP contribution in [0, 0.1) is 5.82 Å². The third-order valence-electron chi connectivity index (χ3n) is 4.30. The fourth-order valence-corrected chi connectivity index (χ4v) is 2.91. The van der Waals surface area contributed by atoms with E-state index in [0.717, 1.165) is 0 Å². The summed E-state index contributed by atoms with van der Waals surface area (Å²) in [6.45, 7) is -0.426. The van der Waals surface area contributed by atoms with Gasteiger partial charge in [-0.2, -0.15) is 0 Å². The highest BCUT2D eigenvalue weighted by atomic mass is 19.1. The van der Waals surface area contributed by atoms with E-state index in [0.29, 0.717) is 29.7 Å². The Kier molecular flexibility index (Phi) is 4.97. The molecule has 0 aromatic heterocycles. The lowest BCUT2D eigenvalue weighted by Gasteiger charge is -2.36. The third kappa shape index (κ3) is 4.15. The Bertz CT molecular complexity index is 769. The van der Waals surface area contributed by atoms with Gasteiger partial charge in [-0.1, -0.05) is 18.2 Å². The Balaban J connectivity index is 1.50. The minimum atomic E-state index is -1.06. The molecule has 130 valence electrons. The monoisotopic (exact) mass is 343 g/mol. The summed E-state index contributed by atoms with van der Waals surface area (Å²) in [5.74, 6) is -0.937. The van der Waals surface area contributed by atoms with Gasteiger partial charge < -0.3 is 15.2 Å². The molecule has 0 spiro atoms. The van der Waals surface area contributed by atoms with E-state index in [1.807, 2.05) is 6.07 Å². The predicted octanol–water partition coefficient (Wildman–Crippen LogP) is 2.97. The summed E-state index contributed by atoms with van der Waals surface area (Å²) in [7, 11) is 0. The summed E-state index contributed by atoms with van der Waals surface area (Å²) in [5.41, 5.74) is 1.17. The first-order valence-corrected chi connectivity index (χ1v) is 8.03. The minimum Gasteiger partial charge on any atom is -0.482 e. The van der Waals surface area contributed by atoms with E-state index >= 15 is 0 Å². The molecule has 2 aromatic carbocycles. The molecule has 2 aromatic rings. The lowest BCUT2D eigenvalue weighted by molar-refractivity contribution is -0.139. The van der Waals surface area contributed by atoms with Gasteiger partial charge in [-0.05, 0) is 54.7 Å². The van der Waals surface area contributed by atoms with Crippen LogP contribution in [0.15, 0.2) is 48.5 Å². The first kappa shape index (κ1) is 17.0. The summed E-state index contributed by atoms with van der Waals surface area (Å²) >= 11 is 0. The van der Waals surface area contributed by atoms with Crippen LogP contribution in [0.1, 0.15) is 34.7 Å².